The van der Waals surface area contributed by atoms with Crippen molar-refractivity contribution in [3.05, 3.63) is 154 Å². The molecule has 3 fully saturated rings. The maximum absolute atomic E-state index is 15.3. The van der Waals surface area contributed by atoms with E-state index in [2.05, 4.69) is 12.0 Å². The number of nitrogens with zero attached hydrogens (tertiary/aromatic N) is 2. The topological polar surface area (TPSA) is 107 Å². The number of hydrogen-bond acceptors (Lipinski definition) is 6. The molecule has 0 spiro atoms. The van der Waals surface area contributed by atoms with Crippen molar-refractivity contribution < 1.29 is 28.7 Å². The van der Waals surface area contributed by atoms with Crippen LogP contribution in [0.15, 0.2) is 121 Å². The van der Waals surface area contributed by atoms with Crippen LogP contribution >= 0.6 is 11.6 Å². The summed E-state index contributed by atoms with van der Waals surface area (Å²) in [6, 6.07) is 26.8. The minimum absolute atomic E-state index is 0.0344. The number of benzene rings is 4. The zero-order chi connectivity index (χ0) is 36.3. The molecule has 4 aliphatic rings. The number of phenols is 1. The maximum atomic E-state index is 15.3. The van der Waals surface area contributed by atoms with Gasteiger partial charge in [0.1, 0.15) is 11.6 Å². The van der Waals surface area contributed by atoms with Gasteiger partial charge in [0.05, 0.1) is 35.4 Å². The number of allylic oxidation sites excluding steroid dienone is 3. The van der Waals surface area contributed by atoms with E-state index in [1.165, 1.54) is 29.2 Å². The van der Waals surface area contributed by atoms with Crippen LogP contribution in [0.3, 0.4) is 0 Å². The third-order valence-electron chi connectivity index (χ3n) is 11.4. The number of carbonyl (C=O) groups excluding carboxylic acids is 4. The van der Waals surface area contributed by atoms with Gasteiger partial charge in [0.25, 0.3) is 11.8 Å². The Morgan fingerprint density at radius 3 is 2.33 bits per heavy atom. The summed E-state index contributed by atoms with van der Waals surface area (Å²) in [5.41, 5.74) is 4.76. The van der Waals surface area contributed by atoms with Crippen LogP contribution in [0, 0.1) is 29.5 Å². The Labute approximate surface area is 305 Å². The normalized spacial score (nSPS) is 26.5. The molecule has 0 bridgehead atoms. The van der Waals surface area contributed by atoms with Gasteiger partial charge in [-0.15, -0.1) is 6.58 Å². The molecule has 0 unspecified atom stereocenters. The molecule has 0 radical (unpaired) electrons. The highest BCUT2D eigenvalue weighted by atomic mass is 35.5. The number of fused-ring (bicyclic) bond motifs is 4. The van der Waals surface area contributed by atoms with Gasteiger partial charge in [0.2, 0.25) is 11.8 Å². The molecule has 2 aliphatic carbocycles. The zero-order valence-corrected chi connectivity index (χ0v) is 28.8. The van der Waals surface area contributed by atoms with Crippen LogP contribution in [-0.2, 0) is 37.6 Å². The number of likely N-dealkylation sites (tertiary alicyclic amines) is 1. The Kier molecular flexibility index (Phi) is 8.33. The van der Waals surface area contributed by atoms with E-state index in [-0.39, 0.29) is 37.0 Å². The van der Waals surface area contributed by atoms with Crippen LogP contribution in [0.1, 0.15) is 41.0 Å². The van der Waals surface area contributed by atoms with Gasteiger partial charge in [0.15, 0.2) is 0 Å². The predicted octanol–water partition coefficient (Wildman–Crippen LogP) is 7.10. The SMILES string of the molecule is C=CCc1cccc([C@H]2C3=CC[C@@H]4C(=O)N(Cc5ccccc5)C(=O)[C@@H]4[C@@H]3C[C@H]3C(=O)N(Nc4ccc(F)cc4)C(=O)[C@@]23c2ccc(Cl)cc2)c1O. The summed E-state index contributed by atoms with van der Waals surface area (Å²) in [5.74, 6) is -6.09. The van der Waals surface area contributed by atoms with Crippen molar-refractivity contribution in [2.45, 2.75) is 37.1 Å². The van der Waals surface area contributed by atoms with Crippen molar-refractivity contribution in [3.63, 3.8) is 0 Å². The lowest BCUT2D eigenvalue weighted by Crippen LogP contribution is -2.53. The molecule has 1 saturated carbocycles. The molecule has 0 aromatic heterocycles. The van der Waals surface area contributed by atoms with E-state index < -0.39 is 52.6 Å². The minimum Gasteiger partial charge on any atom is -0.507 e. The molecule has 262 valence electrons. The Bertz CT molecular complexity index is 2150. The number of hydrazine groups is 1. The van der Waals surface area contributed by atoms with Crippen molar-refractivity contribution in [2.75, 3.05) is 5.43 Å². The molecule has 4 aromatic rings. The van der Waals surface area contributed by atoms with Gasteiger partial charge < -0.3 is 5.11 Å². The van der Waals surface area contributed by atoms with Crippen LogP contribution < -0.4 is 5.43 Å². The van der Waals surface area contributed by atoms with Gasteiger partial charge in [-0.05, 0) is 78.3 Å². The molecule has 52 heavy (non-hydrogen) atoms. The monoisotopic (exact) mass is 715 g/mol. The Morgan fingerprint density at radius 2 is 1.62 bits per heavy atom. The van der Waals surface area contributed by atoms with Crippen LogP contribution in [0.4, 0.5) is 10.1 Å². The number of halogens is 2. The lowest BCUT2D eigenvalue weighted by Gasteiger charge is -2.50. The van der Waals surface area contributed by atoms with Crippen molar-refractivity contribution >= 4 is 40.9 Å². The van der Waals surface area contributed by atoms with Crippen LogP contribution in [0.25, 0.3) is 0 Å². The lowest BCUT2D eigenvalue weighted by molar-refractivity contribution is -0.142. The second-order valence-electron chi connectivity index (χ2n) is 14.0. The number of aromatic hydroxyl groups is 1. The first kappa shape index (κ1) is 33.6. The molecule has 8 rings (SSSR count). The van der Waals surface area contributed by atoms with E-state index in [1.54, 1.807) is 48.5 Å². The highest BCUT2D eigenvalue weighted by Gasteiger charge is 2.70. The summed E-state index contributed by atoms with van der Waals surface area (Å²) in [6.45, 7) is 3.98. The number of rotatable bonds is 8. The van der Waals surface area contributed by atoms with Crippen LogP contribution in [0.2, 0.25) is 5.02 Å². The molecule has 8 nitrogen and oxygen atoms in total. The maximum Gasteiger partial charge on any atom is 0.260 e. The van der Waals surface area contributed by atoms with Crippen molar-refractivity contribution in [2.24, 2.45) is 23.7 Å². The molecule has 4 amide bonds. The molecule has 6 atom stereocenters. The standard InChI is InChI=1S/C42H35ClFN3O5/c1-2-7-25-10-6-11-32(37(25)48)36-30-20-21-31-35(40(51)46(38(31)49)23-24-8-4-3-5-9-24)33(30)22-34-39(50)47(45-29-18-16-28(44)17-19-29)41(52)42(34,36)26-12-14-27(43)15-13-26/h2-6,8-20,31,33-36,45,48H,1,7,21-23H2/t31-,33+,34-,35-,36+,42+/m0/s1. The number of carbonyl (C=O) groups is 4. The van der Waals surface area contributed by atoms with E-state index in [0.717, 1.165) is 16.1 Å². The van der Waals surface area contributed by atoms with E-state index in [1.807, 2.05) is 36.4 Å². The van der Waals surface area contributed by atoms with Crippen LogP contribution in [0.5, 0.6) is 5.75 Å². The summed E-state index contributed by atoms with van der Waals surface area (Å²) >= 11 is 6.37. The first-order valence-corrected chi connectivity index (χ1v) is 17.7. The number of hydrogen-bond donors (Lipinski definition) is 2. The fourth-order valence-corrected chi connectivity index (χ4v) is 9.28. The fourth-order valence-electron chi connectivity index (χ4n) is 9.15. The van der Waals surface area contributed by atoms with Crippen molar-refractivity contribution in [1.82, 2.24) is 9.91 Å². The smallest absolute Gasteiger partial charge is 0.260 e. The third-order valence-corrected chi connectivity index (χ3v) is 11.6. The first-order valence-electron chi connectivity index (χ1n) is 17.3. The number of nitrogens with one attached hydrogen (secondary N) is 1. The number of phenolic OH excluding ortho intramolecular Hbond substituents is 1. The second kappa shape index (κ2) is 12.9. The zero-order valence-electron chi connectivity index (χ0n) is 28.0. The third kappa shape index (κ3) is 5.09. The number of amides is 4. The minimum atomic E-state index is -1.59. The summed E-state index contributed by atoms with van der Waals surface area (Å²) in [5, 5.41) is 13.4. The van der Waals surface area contributed by atoms with Gasteiger partial charge in [-0.25, -0.2) is 4.39 Å². The van der Waals surface area contributed by atoms with Crippen molar-refractivity contribution in [1.29, 1.82) is 0 Å². The van der Waals surface area contributed by atoms with E-state index >= 15 is 4.79 Å². The van der Waals surface area contributed by atoms with E-state index in [4.69, 9.17) is 11.6 Å². The van der Waals surface area contributed by atoms with E-state index in [9.17, 15) is 23.9 Å². The quantitative estimate of drug-likeness (QED) is 0.149. The molecule has 2 N–H and O–H groups in total. The number of anilines is 1. The number of para-hydroxylation sites is 1. The molecule has 2 aliphatic heterocycles. The Balaban J connectivity index is 1.32. The second-order valence-corrected chi connectivity index (χ2v) is 14.4. The van der Waals surface area contributed by atoms with Gasteiger partial charge in [0, 0.05) is 16.5 Å². The van der Waals surface area contributed by atoms with Crippen molar-refractivity contribution in [3.8, 4) is 5.75 Å². The highest BCUT2D eigenvalue weighted by Crippen LogP contribution is 2.65. The average molecular weight is 716 g/mol. The molecule has 2 saturated heterocycles. The first-order chi connectivity index (χ1) is 25.1. The average Bonchev–Trinajstić information content (AvgIpc) is 3.51. The fraction of sp³-hybridized carbons (Fsp3) is 0.238. The van der Waals surface area contributed by atoms with Crippen LogP contribution in [-0.4, -0.2) is 38.6 Å². The van der Waals surface area contributed by atoms with E-state index in [0.29, 0.717) is 33.8 Å². The summed E-state index contributed by atoms with van der Waals surface area (Å²) < 4.78 is 13.9. The molecule has 4 aromatic carbocycles. The molecule has 2 heterocycles. The lowest BCUT2D eigenvalue weighted by atomic mass is 9.49. The van der Waals surface area contributed by atoms with Gasteiger partial charge in [-0.2, -0.15) is 5.01 Å². The predicted molar refractivity (Wildman–Crippen MR) is 193 cm³/mol. The largest absolute Gasteiger partial charge is 0.507 e. The molecular formula is C42H35ClFN3O5. The molecular weight excluding hydrogens is 681 g/mol. The molecule has 10 heteroatoms. The summed E-state index contributed by atoms with van der Waals surface area (Å²) in [4.78, 5) is 59.8. The summed E-state index contributed by atoms with van der Waals surface area (Å²) in [7, 11) is 0. The number of imide groups is 2. The highest BCUT2D eigenvalue weighted by molar-refractivity contribution is 6.30. The van der Waals surface area contributed by atoms with Gasteiger partial charge in [-0.3, -0.25) is 29.5 Å². The van der Waals surface area contributed by atoms with Gasteiger partial charge in [-0.1, -0.05) is 90.0 Å². The summed E-state index contributed by atoms with van der Waals surface area (Å²) in [6.07, 6.45) is 4.34. The van der Waals surface area contributed by atoms with Gasteiger partial charge >= 0.3 is 0 Å². The Morgan fingerprint density at radius 1 is 0.885 bits per heavy atom. The Hall–Kier alpha value is -5.54.